The molecule has 0 unspecified atom stereocenters. The summed E-state index contributed by atoms with van der Waals surface area (Å²) in [7, 11) is 0. The molecule has 0 spiro atoms. The largest absolute Gasteiger partial charge is 0.454 e. The Morgan fingerprint density at radius 2 is 1.94 bits per heavy atom. The summed E-state index contributed by atoms with van der Waals surface area (Å²) >= 11 is 6.45. The minimum atomic E-state index is -0.728. The highest BCUT2D eigenvalue weighted by Crippen LogP contribution is 2.42. The summed E-state index contributed by atoms with van der Waals surface area (Å²) in [6.07, 6.45) is 0. The van der Waals surface area contributed by atoms with E-state index in [0.717, 1.165) is 5.56 Å². The van der Waals surface area contributed by atoms with Crippen molar-refractivity contribution in [3.8, 4) is 23.3 Å². The van der Waals surface area contributed by atoms with Gasteiger partial charge < -0.3 is 24.5 Å². The molecule has 3 aromatic rings. The fraction of sp³-hybridized carbons (Fsp3) is 0.167. The highest BCUT2D eigenvalue weighted by Gasteiger charge is 2.35. The maximum Gasteiger partial charge on any atom is 0.259 e. The highest BCUT2D eigenvalue weighted by molar-refractivity contribution is 6.31. The molecule has 2 aromatic carbocycles. The van der Waals surface area contributed by atoms with Crippen LogP contribution in [0.4, 0.5) is 0 Å². The van der Waals surface area contributed by atoms with Gasteiger partial charge in [-0.25, -0.2) is 0 Å². The van der Waals surface area contributed by atoms with Gasteiger partial charge in [0.25, 0.3) is 5.56 Å². The van der Waals surface area contributed by atoms with Crippen LogP contribution in [-0.4, -0.2) is 11.4 Å². The first kappa shape index (κ1) is 20.0. The Bertz CT molecular complexity index is 1390. The number of hydrogen-bond donors (Lipinski definition) is 1. The molecule has 0 amide bonds. The summed E-state index contributed by atoms with van der Waals surface area (Å²) in [5.74, 6) is 0.891. The van der Waals surface area contributed by atoms with Crippen LogP contribution in [0, 0.1) is 18.3 Å². The fourth-order valence-electron chi connectivity index (χ4n) is 4.12. The predicted octanol–water partition coefficient (Wildman–Crippen LogP) is 3.81. The van der Waals surface area contributed by atoms with Crippen LogP contribution in [0.15, 0.2) is 64.8 Å². The first-order valence-corrected chi connectivity index (χ1v) is 10.3. The van der Waals surface area contributed by atoms with Gasteiger partial charge in [0.2, 0.25) is 12.7 Å². The number of pyridine rings is 1. The Hall–Kier alpha value is -3.89. The van der Waals surface area contributed by atoms with E-state index in [0.29, 0.717) is 45.6 Å². The molecule has 0 fully saturated rings. The molecule has 0 bridgehead atoms. The second-order valence-corrected chi connectivity index (χ2v) is 8.00. The molecule has 1 atom stereocenters. The number of nitrogens with two attached hydrogens (primary N) is 1. The van der Waals surface area contributed by atoms with Crippen molar-refractivity contribution in [1.29, 1.82) is 5.26 Å². The summed E-state index contributed by atoms with van der Waals surface area (Å²) < 4.78 is 18.2. The van der Waals surface area contributed by atoms with E-state index in [1.54, 1.807) is 34.9 Å². The number of fused-ring (bicyclic) bond motifs is 2. The van der Waals surface area contributed by atoms with Crippen LogP contribution in [0.3, 0.4) is 0 Å². The lowest BCUT2D eigenvalue weighted by Crippen LogP contribution is -2.33. The smallest absolute Gasteiger partial charge is 0.259 e. The van der Waals surface area contributed by atoms with Crippen LogP contribution < -0.4 is 25.5 Å². The monoisotopic (exact) mass is 447 g/mol. The molecule has 8 heteroatoms. The number of ether oxygens (including phenoxy) is 3. The molecule has 7 nitrogen and oxygen atoms in total. The summed E-state index contributed by atoms with van der Waals surface area (Å²) in [6.45, 7) is 2.31. The molecule has 32 heavy (non-hydrogen) atoms. The third-order valence-electron chi connectivity index (χ3n) is 5.68. The van der Waals surface area contributed by atoms with Crippen LogP contribution >= 0.6 is 11.6 Å². The first-order chi connectivity index (χ1) is 15.5. The summed E-state index contributed by atoms with van der Waals surface area (Å²) in [5, 5.41) is 10.2. The third-order valence-corrected chi connectivity index (χ3v) is 6.03. The molecular formula is C24H18ClN3O4. The maximum absolute atomic E-state index is 13.7. The summed E-state index contributed by atoms with van der Waals surface area (Å²) in [5.41, 5.74) is 8.45. The lowest BCUT2D eigenvalue weighted by Gasteiger charge is -2.28. The molecule has 3 heterocycles. The van der Waals surface area contributed by atoms with Crippen molar-refractivity contribution in [2.45, 2.75) is 19.4 Å². The molecule has 2 aliphatic rings. The number of aryl methyl sites for hydroxylation is 1. The van der Waals surface area contributed by atoms with Gasteiger partial charge in [0.15, 0.2) is 11.5 Å². The van der Waals surface area contributed by atoms with Gasteiger partial charge in [-0.1, -0.05) is 35.9 Å². The van der Waals surface area contributed by atoms with Crippen molar-refractivity contribution in [3.05, 3.63) is 97.7 Å². The van der Waals surface area contributed by atoms with Gasteiger partial charge in [-0.05, 0) is 36.2 Å². The molecule has 0 saturated heterocycles. The zero-order valence-corrected chi connectivity index (χ0v) is 17.8. The fourth-order valence-corrected chi connectivity index (χ4v) is 4.37. The molecule has 2 N–H and O–H groups in total. The average Bonchev–Trinajstić information content (AvgIpc) is 3.24. The lowest BCUT2D eigenvalue weighted by atomic mass is 9.84. The number of rotatable bonds is 3. The van der Waals surface area contributed by atoms with E-state index in [2.05, 4.69) is 6.07 Å². The van der Waals surface area contributed by atoms with Gasteiger partial charge in [-0.2, -0.15) is 5.26 Å². The number of benzene rings is 2. The van der Waals surface area contributed by atoms with Crippen molar-refractivity contribution in [2.75, 3.05) is 6.79 Å². The van der Waals surface area contributed by atoms with Gasteiger partial charge in [-0.15, -0.1) is 0 Å². The minimum absolute atomic E-state index is 0.0303. The standard InChI is InChI=1S/C24H18ClN3O4/c1-13-8-20-22(21(16(10-26)23(27)32-20)15-4-2-3-5-17(15)25)24(29)28(13)11-14-6-7-18-19(9-14)31-12-30-18/h2-9,21H,11-12,27H2,1H3/t21-/m1/s1. The number of allylic oxidation sites excluding steroid dienone is 1. The van der Waals surface area contributed by atoms with E-state index in [1.165, 1.54) is 0 Å². The second kappa shape index (κ2) is 7.66. The van der Waals surface area contributed by atoms with Crippen LogP contribution in [0.2, 0.25) is 5.02 Å². The van der Waals surface area contributed by atoms with E-state index in [9.17, 15) is 10.1 Å². The second-order valence-electron chi connectivity index (χ2n) is 7.59. The van der Waals surface area contributed by atoms with Crippen LogP contribution in [-0.2, 0) is 6.54 Å². The van der Waals surface area contributed by atoms with Gasteiger partial charge >= 0.3 is 0 Å². The lowest BCUT2D eigenvalue weighted by molar-refractivity contribution is 0.174. The van der Waals surface area contributed by atoms with Crippen LogP contribution in [0.5, 0.6) is 17.2 Å². The average molecular weight is 448 g/mol. The van der Waals surface area contributed by atoms with Crippen LogP contribution in [0.1, 0.15) is 28.3 Å². The third kappa shape index (κ3) is 3.17. The van der Waals surface area contributed by atoms with Crippen LogP contribution in [0.25, 0.3) is 0 Å². The van der Waals surface area contributed by atoms with Gasteiger partial charge in [0.05, 0.1) is 18.0 Å². The molecule has 0 aliphatic carbocycles. The SMILES string of the molecule is Cc1cc2c(c(=O)n1Cc1ccc3c(c1)OCO3)[C@H](c1ccccc1Cl)C(C#N)=C(N)O2. The Morgan fingerprint density at radius 1 is 1.16 bits per heavy atom. The van der Waals surface area contributed by atoms with E-state index in [4.69, 9.17) is 31.5 Å². The number of nitriles is 1. The van der Waals surface area contributed by atoms with Gasteiger partial charge in [0, 0.05) is 16.8 Å². The van der Waals surface area contributed by atoms with Crippen molar-refractivity contribution in [2.24, 2.45) is 5.73 Å². The van der Waals surface area contributed by atoms with Gasteiger partial charge in [-0.3, -0.25) is 4.79 Å². The first-order valence-electron chi connectivity index (χ1n) is 9.92. The van der Waals surface area contributed by atoms with Gasteiger partial charge in [0.1, 0.15) is 17.4 Å². The molecule has 1 aromatic heterocycles. The molecular weight excluding hydrogens is 430 g/mol. The van der Waals surface area contributed by atoms with E-state index in [1.807, 2.05) is 25.1 Å². The Labute approximate surface area is 188 Å². The van der Waals surface area contributed by atoms with E-state index >= 15 is 0 Å². The zero-order valence-electron chi connectivity index (χ0n) is 17.1. The Kier molecular flexibility index (Phi) is 4.80. The predicted molar refractivity (Wildman–Crippen MR) is 118 cm³/mol. The van der Waals surface area contributed by atoms with Crippen molar-refractivity contribution < 1.29 is 14.2 Å². The number of hydrogen-bond acceptors (Lipinski definition) is 6. The van der Waals surface area contributed by atoms with Crippen molar-refractivity contribution >= 4 is 11.6 Å². The Balaban J connectivity index is 1.67. The normalized spacial score (nSPS) is 16.3. The summed E-state index contributed by atoms with van der Waals surface area (Å²) in [4.78, 5) is 13.7. The molecule has 0 radical (unpaired) electrons. The topological polar surface area (TPSA) is 99.5 Å². The quantitative estimate of drug-likeness (QED) is 0.655. The summed E-state index contributed by atoms with van der Waals surface area (Å²) in [6, 6.07) is 16.5. The molecule has 5 rings (SSSR count). The molecule has 160 valence electrons. The zero-order chi connectivity index (χ0) is 22.4. The molecule has 0 saturated carbocycles. The Morgan fingerprint density at radius 3 is 2.72 bits per heavy atom. The molecule has 2 aliphatic heterocycles. The number of aromatic nitrogens is 1. The maximum atomic E-state index is 13.7. The van der Waals surface area contributed by atoms with E-state index in [-0.39, 0.29) is 23.8 Å². The number of nitrogens with zero attached hydrogens (tertiary/aromatic N) is 2. The van der Waals surface area contributed by atoms with Crippen molar-refractivity contribution in [1.82, 2.24) is 4.57 Å². The van der Waals surface area contributed by atoms with Crippen molar-refractivity contribution in [3.63, 3.8) is 0 Å². The number of halogens is 1. The highest BCUT2D eigenvalue weighted by atomic mass is 35.5. The van der Waals surface area contributed by atoms with E-state index < -0.39 is 5.92 Å². The minimum Gasteiger partial charge on any atom is -0.454 e.